The number of sulfonamides is 1. The number of ether oxygens (including phenoxy) is 2. The molecule has 1 aliphatic heterocycles. The Labute approximate surface area is 167 Å². The Bertz CT molecular complexity index is 978. The van der Waals surface area contributed by atoms with Crippen LogP contribution < -0.4 is 19.5 Å². The largest absolute Gasteiger partial charge is 0.490 e. The van der Waals surface area contributed by atoms with Crippen molar-refractivity contribution in [2.75, 3.05) is 19.8 Å². The molecular weight excluding hydrogens is 406 g/mol. The average molecular weight is 426 g/mol. The van der Waals surface area contributed by atoms with Gasteiger partial charge < -0.3 is 14.8 Å². The van der Waals surface area contributed by atoms with Crippen molar-refractivity contribution in [3.63, 3.8) is 0 Å². The molecule has 0 spiro atoms. The summed E-state index contributed by atoms with van der Waals surface area (Å²) in [5, 5.41) is 2.48. The molecule has 29 heavy (non-hydrogen) atoms. The van der Waals surface area contributed by atoms with E-state index in [0.29, 0.717) is 31.1 Å². The zero-order chi connectivity index (χ0) is 20.9. The lowest BCUT2D eigenvalue weighted by Gasteiger charge is -2.11. The molecule has 2 aromatic carbocycles. The molecule has 0 fully saturated rings. The van der Waals surface area contributed by atoms with Crippen molar-refractivity contribution >= 4 is 15.9 Å². The topological polar surface area (TPSA) is 93.7 Å². The molecule has 1 heterocycles. The summed E-state index contributed by atoms with van der Waals surface area (Å²) in [6.07, 6.45) is 0.563. The highest BCUT2D eigenvalue weighted by Crippen LogP contribution is 2.31. The molecule has 2 N–H and O–H groups in total. The summed E-state index contributed by atoms with van der Waals surface area (Å²) in [5.74, 6) is -1.11. The van der Waals surface area contributed by atoms with E-state index in [0.717, 1.165) is 18.2 Å². The second-order valence-corrected chi connectivity index (χ2v) is 8.13. The van der Waals surface area contributed by atoms with Crippen LogP contribution in [0.15, 0.2) is 41.3 Å². The van der Waals surface area contributed by atoms with Gasteiger partial charge in [0.15, 0.2) is 11.5 Å². The molecule has 10 heteroatoms. The van der Waals surface area contributed by atoms with Crippen LogP contribution in [-0.2, 0) is 21.4 Å². The lowest BCUT2D eigenvalue weighted by Crippen LogP contribution is -2.30. The molecule has 0 atom stereocenters. The molecule has 0 bridgehead atoms. The summed E-state index contributed by atoms with van der Waals surface area (Å²) in [6, 6.07) is 7.25. The van der Waals surface area contributed by atoms with Crippen molar-refractivity contribution in [2.45, 2.75) is 24.3 Å². The van der Waals surface area contributed by atoms with Gasteiger partial charge in [0.1, 0.15) is 11.6 Å². The maximum atomic E-state index is 13.1. The fourth-order valence-corrected chi connectivity index (χ4v) is 3.74. The minimum Gasteiger partial charge on any atom is -0.490 e. The summed E-state index contributed by atoms with van der Waals surface area (Å²) in [6.45, 7) is 0.719. The van der Waals surface area contributed by atoms with Gasteiger partial charge in [0.05, 0.1) is 18.1 Å². The van der Waals surface area contributed by atoms with Gasteiger partial charge in [-0.2, -0.15) is 0 Å². The first-order valence-electron chi connectivity index (χ1n) is 8.94. The van der Waals surface area contributed by atoms with Crippen LogP contribution in [-0.4, -0.2) is 34.1 Å². The second-order valence-electron chi connectivity index (χ2n) is 6.36. The molecule has 0 radical (unpaired) electrons. The predicted octanol–water partition coefficient (Wildman–Crippen LogP) is 2.11. The summed E-state index contributed by atoms with van der Waals surface area (Å²) < 4.78 is 64.4. The number of carbonyl (C=O) groups excluding carboxylic acids is 1. The molecule has 0 saturated carbocycles. The Morgan fingerprint density at radius 2 is 1.69 bits per heavy atom. The van der Waals surface area contributed by atoms with E-state index in [1.807, 2.05) is 0 Å². The molecule has 156 valence electrons. The highest BCUT2D eigenvalue weighted by atomic mass is 32.2. The van der Waals surface area contributed by atoms with E-state index in [1.165, 1.54) is 18.2 Å². The first-order valence-corrected chi connectivity index (χ1v) is 10.4. The van der Waals surface area contributed by atoms with Crippen molar-refractivity contribution in [3.8, 4) is 11.5 Å². The monoisotopic (exact) mass is 426 g/mol. The van der Waals surface area contributed by atoms with Crippen LogP contribution in [0.1, 0.15) is 18.4 Å². The lowest BCUT2D eigenvalue weighted by molar-refractivity contribution is -0.121. The van der Waals surface area contributed by atoms with E-state index in [2.05, 4.69) is 10.0 Å². The van der Waals surface area contributed by atoms with Crippen LogP contribution in [0.4, 0.5) is 8.78 Å². The summed E-state index contributed by atoms with van der Waals surface area (Å²) in [4.78, 5) is 11.9. The Kier molecular flexibility index (Phi) is 6.65. The first kappa shape index (κ1) is 21.0. The third-order valence-corrected chi connectivity index (χ3v) is 5.54. The molecule has 0 aromatic heterocycles. The van der Waals surface area contributed by atoms with Gasteiger partial charge in [-0.25, -0.2) is 21.9 Å². The second kappa shape index (κ2) is 9.19. The SMILES string of the molecule is O=C(CCNS(=O)(=O)c1ccc2c(c1)OCCCO2)NCc1cc(F)cc(F)c1. The molecule has 0 unspecified atom stereocenters. The standard InChI is InChI=1S/C19H20F2N2O5S/c20-14-8-13(9-15(21)10-14)12-22-19(24)4-5-23-29(25,26)16-2-3-17-18(11-16)28-7-1-6-27-17/h2-3,8-11,23H,1,4-7,12H2,(H,22,24). The van der Waals surface area contributed by atoms with Crippen LogP contribution in [0, 0.1) is 11.6 Å². The van der Waals surface area contributed by atoms with Gasteiger partial charge in [0, 0.05) is 38.1 Å². The molecule has 1 amide bonds. The minimum absolute atomic E-state index is 0.00241. The minimum atomic E-state index is -3.84. The maximum Gasteiger partial charge on any atom is 0.240 e. The smallest absolute Gasteiger partial charge is 0.240 e. The number of carbonyl (C=O) groups is 1. The van der Waals surface area contributed by atoms with Crippen LogP contribution in [0.5, 0.6) is 11.5 Å². The number of hydrogen-bond donors (Lipinski definition) is 2. The molecule has 0 aliphatic carbocycles. The fourth-order valence-electron chi connectivity index (χ4n) is 2.70. The van der Waals surface area contributed by atoms with Crippen molar-refractivity contribution in [3.05, 3.63) is 53.6 Å². The van der Waals surface area contributed by atoms with Crippen molar-refractivity contribution < 1.29 is 31.5 Å². The number of amides is 1. The Morgan fingerprint density at radius 3 is 2.41 bits per heavy atom. The van der Waals surface area contributed by atoms with Gasteiger partial charge >= 0.3 is 0 Å². The third kappa shape index (κ3) is 5.88. The van der Waals surface area contributed by atoms with E-state index < -0.39 is 27.6 Å². The Hall–Kier alpha value is -2.72. The van der Waals surface area contributed by atoms with Gasteiger partial charge in [-0.1, -0.05) is 0 Å². The quantitative estimate of drug-likeness (QED) is 0.707. The number of halogens is 2. The number of fused-ring (bicyclic) bond motifs is 1. The Balaban J connectivity index is 1.51. The van der Waals surface area contributed by atoms with Crippen LogP contribution >= 0.6 is 0 Å². The van der Waals surface area contributed by atoms with E-state index in [4.69, 9.17) is 9.47 Å². The number of rotatable bonds is 7. The summed E-state index contributed by atoms with van der Waals surface area (Å²) in [7, 11) is -3.84. The summed E-state index contributed by atoms with van der Waals surface area (Å²) in [5.41, 5.74) is 0.267. The zero-order valence-corrected chi connectivity index (χ0v) is 16.2. The summed E-state index contributed by atoms with van der Waals surface area (Å²) >= 11 is 0. The van der Waals surface area contributed by atoms with Gasteiger partial charge in [-0.05, 0) is 29.8 Å². The highest BCUT2D eigenvalue weighted by Gasteiger charge is 2.19. The molecule has 0 saturated heterocycles. The average Bonchev–Trinajstić information content (AvgIpc) is 2.90. The third-order valence-electron chi connectivity index (χ3n) is 4.09. The van der Waals surface area contributed by atoms with Crippen molar-refractivity contribution in [2.24, 2.45) is 0 Å². The van der Waals surface area contributed by atoms with Gasteiger partial charge in [-0.15, -0.1) is 0 Å². The molecule has 1 aliphatic rings. The van der Waals surface area contributed by atoms with Gasteiger partial charge in [-0.3, -0.25) is 4.79 Å². The van der Waals surface area contributed by atoms with Gasteiger partial charge in [0.2, 0.25) is 15.9 Å². The number of benzene rings is 2. The highest BCUT2D eigenvalue weighted by molar-refractivity contribution is 7.89. The van der Waals surface area contributed by atoms with Gasteiger partial charge in [0.25, 0.3) is 0 Å². The van der Waals surface area contributed by atoms with Crippen molar-refractivity contribution in [1.29, 1.82) is 0 Å². The molecular formula is C19H20F2N2O5S. The van der Waals surface area contributed by atoms with E-state index >= 15 is 0 Å². The first-order chi connectivity index (χ1) is 13.8. The number of nitrogens with one attached hydrogen (secondary N) is 2. The van der Waals surface area contributed by atoms with Crippen LogP contribution in [0.2, 0.25) is 0 Å². The van der Waals surface area contributed by atoms with E-state index in [9.17, 15) is 22.0 Å². The number of hydrogen-bond acceptors (Lipinski definition) is 5. The molecule has 2 aromatic rings. The molecule has 7 nitrogen and oxygen atoms in total. The maximum absolute atomic E-state index is 13.1. The van der Waals surface area contributed by atoms with Crippen LogP contribution in [0.3, 0.4) is 0 Å². The fraction of sp³-hybridized carbons (Fsp3) is 0.316. The van der Waals surface area contributed by atoms with Crippen LogP contribution in [0.25, 0.3) is 0 Å². The zero-order valence-electron chi connectivity index (χ0n) is 15.4. The lowest BCUT2D eigenvalue weighted by atomic mass is 10.2. The van der Waals surface area contributed by atoms with Crippen molar-refractivity contribution in [1.82, 2.24) is 10.0 Å². The predicted molar refractivity (Wildman–Crippen MR) is 100 cm³/mol. The Morgan fingerprint density at radius 1 is 1.00 bits per heavy atom. The van der Waals surface area contributed by atoms with E-state index in [-0.39, 0.29) is 30.0 Å². The molecule has 3 rings (SSSR count). The normalized spacial score (nSPS) is 13.6. The van der Waals surface area contributed by atoms with E-state index in [1.54, 1.807) is 0 Å².